The molecule has 26 heavy (non-hydrogen) atoms. The lowest BCUT2D eigenvalue weighted by molar-refractivity contribution is -0.114. The van der Waals surface area contributed by atoms with Gasteiger partial charge in [-0.15, -0.1) is 0 Å². The maximum absolute atomic E-state index is 12.5. The van der Waals surface area contributed by atoms with Gasteiger partial charge in [-0.25, -0.2) is 4.98 Å². The van der Waals surface area contributed by atoms with Crippen LogP contribution in [-0.4, -0.2) is 31.6 Å². The molecule has 5 nitrogen and oxygen atoms in total. The van der Waals surface area contributed by atoms with E-state index in [1.165, 1.54) is 0 Å². The number of carbonyl (C=O) groups is 1. The van der Waals surface area contributed by atoms with Gasteiger partial charge >= 0.3 is 0 Å². The molecule has 1 aromatic heterocycles. The number of carbonyl (C=O) groups excluding carboxylic acids is 1. The van der Waals surface area contributed by atoms with E-state index in [0.717, 1.165) is 32.3 Å². The molecule has 1 N–H and O–H groups in total. The van der Waals surface area contributed by atoms with Gasteiger partial charge in [0.25, 0.3) is 0 Å². The fraction of sp³-hybridized carbons (Fsp3) is 0.300. The van der Waals surface area contributed by atoms with E-state index in [-0.39, 0.29) is 12.5 Å². The van der Waals surface area contributed by atoms with Crippen molar-refractivity contribution < 1.29 is 9.53 Å². The van der Waals surface area contributed by atoms with E-state index in [0.29, 0.717) is 5.92 Å². The third-order valence-corrected chi connectivity index (χ3v) is 5.29. The minimum atomic E-state index is -0.0631. The number of anilines is 2. The van der Waals surface area contributed by atoms with Crippen LogP contribution in [0.1, 0.15) is 25.3 Å². The Kier molecular flexibility index (Phi) is 5.42. The zero-order chi connectivity index (χ0) is 18.7. The fourth-order valence-electron chi connectivity index (χ4n) is 2.83. The summed E-state index contributed by atoms with van der Waals surface area (Å²) in [6.45, 7) is 4.46. The molecule has 136 valence electrons. The number of fused-ring (bicyclic) bond motifs is 1. The number of para-hydroxylation sites is 2. The quantitative estimate of drug-likeness (QED) is 0.695. The Labute approximate surface area is 157 Å². The van der Waals surface area contributed by atoms with E-state index in [9.17, 15) is 4.79 Å². The van der Waals surface area contributed by atoms with Gasteiger partial charge < -0.3 is 15.0 Å². The average Bonchev–Trinajstić information content (AvgIpc) is 3.06. The molecule has 0 aliphatic rings. The summed E-state index contributed by atoms with van der Waals surface area (Å²) in [5, 5.41) is 3.81. The van der Waals surface area contributed by atoms with Gasteiger partial charge in [-0.05, 0) is 29.7 Å². The molecule has 3 rings (SSSR count). The molecule has 2 aromatic carbocycles. The van der Waals surface area contributed by atoms with Crippen molar-refractivity contribution in [2.24, 2.45) is 0 Å². The number of benzene rings is 2. The number of aromatic nitrogens is 1. The molecule has 1 heterocycles. The van der Waals surface area contributed by atoms with E-state index in [1.807, 2.05) is 54.4 Å². The third kappa shape index (κ3) is 3.80. The van der Waals surface area contributed by atoms with Crippen molar-refractivity contribution in [2.75, 3.05) is 30.9 Å². The number of likely N-dealkylation sites (N-methyl/N-ethyl adjacent to an activating group) is 1. The van der Waals surface area contributed by atoms with Gasteiger partial charge in [-0.1, -0.05) is 49.4 Å². The summed E-state index contributed by atoms with van der Waals surface area (Å²) in [5.74, 6) is 1.03. The molecule has 0 bridgehead atoms. The first kappa shape index (κ1) is 18.2. The zero-order valence-corrected chi connectivity index (χ0v) is 16.3. The Balaban J connectivity index is 1.74. The summed E-state index contributed by atoms with van der Waals surface area (Å²) in [4.78, 5) is 19.0. The number of amides is 1. The van der Waals surface area contributed by atoms with Crippen molar-refractivity contribution in [3.8, 4) is 5.75 Å². The SMILES string of the molecule is COc1cccc2sc(N(C)CC(=O)Nc3ccccc3C(C)C)nc12. The van der Waals surface area contributed by atoms with Gasteiger partial charge in [0.15, 0.2) is 5.13 Å². The number of rotatable bonds is 6. The predicted molar refractivity (Wildman–Crippen MR) is 109 cm³/mol. The van der Waals surface area contributed by atoms with E-state index in [4.69, 9.17) is 4.74 Å². The van der Waals surface area contributed by atoms with Gasteiger partial charge in [0.2, 0.25) is 5.91 Å². The fourth-order valence-corrected chi connectivity index (χ4v) is 3.77. The van der Waals surface area contributed by atoms with Gasteiger partial charge in [0.05, 0.1) is 18.4 Å². The molecule has 0 spiro atoms. The molecule has 0 saturated heterocycles. The first-order valence-electron chi connectivity index (χ1n) is 8.53. The summed E-state index contributed by atoms with van der Waals surface area (Å²) < 4.78 is 6.40. The normalized spacial score (nSPS) is 11.0. The molecule has 0 unspecified atom stereocenters. The lowest BCUT2D eigenvalue weighted by Crippen LogP contribution is -2.30. The number of thiazole rings is 1. The van der Waals surface area contributed by atoms with Crippen molar-refractivity contribution >= 4 is 38.3 Å². The maximum atomic E-state index is 12.5. The Morgan fingerprint density at radius 1 is 1.23 bits per heavy atom. The summed E-state index contributed by atoms with van der Waals surface area (Å²) in [6.07, 6.45) is 0. The van der Waals surface area contributed by atoms with Gasteiger partial charge in [0, 0.05) is 12.7 Å². The standard InChI is InChI=1S/C20H23N3O2S/c1-13(2)14-8-5-6-9-15(14)21-18(24)12-23(3)20-22-19-16(25-4)10-7-11-17(19)26-20/h5-11,13H,12H2,1-4H3,(H,21,24). The van der Waals surface area contributed by atoms with Crippen molar-refractivity contribution in [2.45, 2.75) is 19.8 Å². The number of hydrogen-bond acceptors (Lipinski definition) is 5. The van der Waals surface area contributed by atoms with E-state index in [2.05, 4.69) is 24.1 Å². The molecule has 0 aliphatic carbocycles. The molecule has 0 saturated carbocycles. The second-order valence-corrected chi connectivity index (χ2v) is 7.46. The lowest BCUT2D eigenvalue weighted by Gasteiger charge is -2.17. The molecule has 0 atom stereocenters. The van der Waals surface area contributed by atoms with Crippen LogP contribution in [0, 0.1) is 0 Å². The molecule has 6 heteroatoms. The first-order valence-corrected chi connectivity index (χ1v) is 9.34. The molecular formula is C20H23N3O2S. The highest BCUT2D eigenvalue weighted by molar-refractivity contribution is 7.22. The predicted octanol–water partition coefficient (Wildman–Crippen LogP) is 4.50. The van der Waals surface area contributed by atoms with Crippen molar-refractivity contribution in [3.63, 3.8) is 0 Å². The lowest BCUT2D eigenvalue weighted by atomic mass is 10.0. The van der Waals surface area contributed by atoms with E-state index < -0.39 is 0 Å². The van der Waals surface area contributed by atoms with Crippen LogP contribution in [0.25, 0.3) is 10.2 Å². The van der Waals surface area contributed by atoms with Crippen LogP contribution in [0.15, 0.2) is 42.5 Å². The van der Waals surface area contributed by atoms with Crippen molar-refractivity contribution in [1.82, 2.24) is 4.98 Å². The number of nitrogens with zero attached hydrogens (tertiary/aromatic N) is 2. The van der Waals surface area contributed by atoms with Gasteiger partial charge in [-0.2, -0.15) is 0 Å². The van der Waals surface area contributed by atoms with E-state index >= 15 is 0 Å². The average molecular weight is 369 g/mol. The van der Waals surface area contributed by atoms with Crippen LogP contribution in [0.2, 0.25) is 0 Å². The summed E-state index contributed by atoms with van der Waals surface area (Å²) in [7, 11) is 3.51. The summed E-state index contributed by atoms with van der Waals surface area (Å²) in [5.41, 5.74) is 2.83. The van der Waals surface area contributed by atoms with Crippen LogP contribution in [-0.2, 0) is 4.79 Å². The number of ether oxygens (including phenoxy) is 1. The van der Waals surface area contributed by atoms with Crippen LogP contribution in [0.3, 0.4) is 0 Å². The Bertz CT molecular complexity index is 920. The zero-order valence-electron chi connectivity index (χ0n) is 15.4. The largest absolute Gasteiger partial charge is 0.494 e. The van der Waals surface area contributed by atoms with E-state index in [1.54, 1.807) is 18.4 Å². The molecule has 3 aromatic rings. The van der Waals surface area contributed by atoms with Gasteiger partial charge in [0.1, 0.15) is 11.3 Å². The second kappa shape index (κ2) is 7.74. The van der Waals surface area contributed by atoms with Gasteiger partial charge in [-0.3, -0.25) is 4.79 Å². The Morgan fingerprint density at radius 3 is 2.73 bits per heavy atom. The van der Waals surface area contributed by atoms with Crippen LogP contribution in [0.5, 0.6) is 5.75 Å². The first-order chi connectivity index (χ1) is 12.5. The molecule has 0 radical (unpaired) electrons. The minimum absolute atomic E-state index is 0.0631. The highest BCUT2D eigenvalue weighted by Gasteiger charge is 2.15. The van der Waals surface area contributed by atoms with Crippen molar-refractivity contribution in [1.29, 1.82) is 0 Å². The smallest absolute Gasteiger partial charge is 0.243 e. The molecule has 0 fully saturated rings. The molecule has 1 amide bonds. The maximum Gasteiger partial charge on any atom is 0.243 e. The highest BCUT2D eigenvalue weighted by atomic mass is 32.1. The number of nitrogens with one attached hydrogen (secondary N) is 1. The monoisotopic (exact) mass is 369 g/mol. The summed E-state index contributed by atoms with van der Waals surface area (Å²) >= 11 is 1.55. The Hall–Kier alpha value is -2.60. The van der Waals surface area contributed by atoms with Crippen LogP contribution < -0.4 is 15.0 Å². The molecule has 0 aliphatic heterocycles. The second-order valence-electron chi connectivity index (χ2n) is 6.45. The molecular weight excluding hydrogens is 346 g/mol. The third-order valence-electron chi connectivity index (χ3n) is 4.15. The Morgan fingerprint density at radius 2 is 2.00 bits per heavy atom. The van der Waals surface area contributed by atoms with Crippen LogP contribution in [0.4, 0.5) is 10.8 Å². The minimum Gasteiger partial charge on any atom is -0.494 e. The number of methoxy groups -OCH3 is 1. The van der Waals surface area contributed by atoms with Crippen LogP contribution >= 0.6 is 11.3 Å². The van der Waals surface area contributed by atoms with Crippen molar-refractivity contribution in [3.05, 3.63) is 48.0 Å². The highest BCUT2D eigenvalue weighted by Crippen LogP contribution is 2.33. The summed E-state index contributed by atoms with van der Waals surface area (Å²) in [6, 6.07) is 13.8. The number of hydrogen-bond donors (Lipinski definition) is 1. The topological polar surface area (TPSA) is 54.5 Å².